The van der Waals surface area contributed by atoms with Crippen LogP contribution in [0.3, 0.4) is 0 Å². The molecule has 0 heterocycles. The van der Waals surface area contributed by atoms with Crippen LogP contribution >= 0.6 is 0 Å². The monoisotopic (exact) mass is 354 g/mol. The maximum absolute atomic E-state index is 12.6. The smallest absolute Gasteiger partial charge is 0.216 e. The highest BCUT2D eigenvalue weighted by molar-refractivity contribution is 6.10. The largest absolute Gasteiger partial charge is 0.356 e. The van der Waals surface area contributed by atoms with Gasteiger partial charge >= 0.3 is 0 Å². The molecule has 0 aromatic heterocycles. The number of benzene rings is 1. The van der Waals surface area contributed by atoms with Crippen LogP contribution in [0.15, 0.2) is 54.1 Å². The average molecular weight is 354 g/mol. The highest BCUT2D eigenvalue weighted by atomic mass is 16.2. The van der Waals surface area contributed by atoms with E-state index >= 15 is 0 Å². The fourth-order valence-corrected chi connectivity index (χ4v) is 3.11. The zero-order valence-corrected chi connectivity index (χ0v) is 15.4. The van der Waals surface area contributed by atoms with Gasteiger partial charge in [-0.3, -0.25) is 14.4 Å². The van der Waals surface area contributed by atoms with E-state index in [1.165, 1.54) is 13.8 Å². The minimum absolute atomic E-state index is 0.0131. The van der Waals surface area contributed by atoms with Crippen molar-refractivity contribution in [2.75, 3.05) is 13.1 Å². The van der Waals surface area contributed by atoms with Crippen LogP contribution in [0.2, 0.25) is 0 Å². The molecule has 2 rings (SSSR count). The summed E-state index contributed by atoms with van der Waals surface area (Å²) in [7, 11) is 0. The van der Waals surface area contributed by atoms with Crippen molar-refractivity contribution in [2.24, 2.45) is 5.41 Å². The van der Waals surface area contributed by atoms with Crippen molar-refractivity contribution in [1.82, 2.24) is 10.6 Å². The SMILES string of the molecule is CC(=O)NCCC1(CCNC(C)=O)C=CC(C(=O)c2ccccc2)=CC1. The summed E-state index contributed by atoms with van der Waals surface area (Å²) in [4.78, 5) is 34.9. The number of hydrogen-bond donors (Lipinski definition) is 2. The summed E-state index contributed by atoms with van der Waals surface area (Å²) >= 11 is 0. The first-order valence-electron chi connectivity index (χ1n) is 8.90. The molecule has 0 atom stereocenters. The van der Waals surface area contributed by atoms with E-state index < -0.39 is 0 Å². The Morgan fingerprint density at radius 1 is 0.962 bits per heavy atom. The third kappa shape index (κ3) is 5.69. The zero-order valence-electron chi connectivity index (χ0n) is 15.4. The van der Waals surface area contributed by atoms with Crippen molar-refractivity contribution in [3.05, 3.63) is 59.7 Å². The molecule has 0 radical (unpaired) electrons. The highest BCUT2D eigenvalue weighted by Crippen LogP contribution is 2.37. The summed E-state index contributed by atoms with van der Waals surface area (Å²) in [6.45, 7) is 4.12. The molecule has 5 nitrogen and oxygen atoms in total. The van der Waals surface area contributed by atoms with Gasteiger partial charge in [0.25, 0.3) is 0 Å². The van der Waals surface area contributed by atoms with Gasteiger partial charge in [0.15, 0.2) is 5.78 Å². The normalized spacial score (nSPS) is 15.1. The third-order valence-corrected chi connectivity index (χ3v) is 4.64. The first-order chi connectivity index (χ1) is 12.4. The molecule has 1 aromatic rings. The Morgan fingerprint density at radius 3 is 2.00 bits per heavy atom. The molecule has 0 unspecified atom stereocenters. The van der Waals surface area contributed by atoms with Crippen molar-refractivity contribution < 1.29 is 14.4 Å². The van der Waals surface area contributed by atoms with Gasteiger partial charge in [-0.25, -0.2) is 0 Å². The van der Waals surface area contributed by atoms with Crippen LogP contribution in [0.25, 0.3) is 0 Å². The van der Waals surface area contributed by atoms with Gasteiger partial charge in [-0.1, -0.05) is 48.6 Å². The van der Waals surface area contributed by atoms with E-state index in [0.29, 0.717) is 30.6 Å². The Kier molecular flexibility index (Phi) is 6.89. The average Bonchev–Trinajstić information content (AvgIpc) is 2.62. The van der Waals surface area contributed by atoms with Crippen molar-refractivity contribution in [3.63, 3.8) is 0 Å². The number of allylic oxidation sites excluding steroid dienone is 4. The van der Waals surface area contributed by atoms with E-state index in [1.807, 2.05) is 42.5 Å². The van der Waals surface area contributed by atoms with Crippen LogP contribution in [0.4, 0.5) is 0 Å². The maximum atomic E-state index is 12.6. The summed E-state index contributed by atoms with van der Waals surface area (Å²) in [6.07, 6.45) is 8.12. The zero-order chi connectivity index (χ0) is 19.0. The Bertz CT molecular complexity index is 700. The van der Waals surface area contributed by atoms with Crippen molar-refractivity contribution >= 4 is 17.6 Å². The lowest BCUT2D eigenvalue weighted by molar-refractivity contribution is -0.119. The van der Waals surface area contributed by atoms with Crippen molar-refractivity contribution in [3.8, 4) is 0 Å². The minimum Gasteiger partial charge on any atom is -0.356 e. The van der Waals surface area contributed by atoms with Gasteiger partial charge in [0, 0.05) is 38.1 Å². The van der Waals surface area contributed by atoms with Crippen molar-refractivity contribution in [1.29, 1.82) is 0 Å². The predicted octanol–water partition coefficient (Wildman–Crippen LogP) is 2.79. The Morgan fingerprint density at radius 2 is 1.54 bits per heavy atom. The lowest BCUT2D eigenvalue weighted by Crippen LogP contribution is -2.33. The van der Waals surface area contributed by atoms with E-state index in [2.05, 4.69) is 16.7 Å². The van der Waals surface area contributed by atoms with E-state index in [0.717, 1.165) is 12.8 Å². The molecule has 0 spiro atoms. The number of amides is 2. The van der Waals surface area contributed by atoms with Gasteiger partial charge < -0.3 is 10.6 Å². The molecule has 0 saturated heterocycles. The molecule has 2 amide bonds. The summed E-state index contributed by atoms with van der Waals surface area (Å²) in [5.41, 5.74) is 1.18. The van der Waals surface area contributed by atoms with Crippen LogP contribution in [0.1, 0.15) is 43.5 Å². The second-order valence-corrected chi connectivity index (χ2v) is 6.72. The predicted molar refractivity (Wildman–Crippen MR) is 102 cm³/mol. The molecular formula is C21H26N2O3. The second kappa shape index (κ2) is 9.13. The molecular weight excluding hydrogens is 328 g/mol. The summed E-state index contributed by atoms with van der Waals surface area (Å²) in [5.74, 6) is -0.103. The van der Waals surface area contributed by atoms with Gasteiger partial charge in [0.05, 0.1) is 0 Å². The van der Waals surface area contributed by atoms with Gasteiger partial charge in [0.2, 0.25) is 11.8 Å². The maximum Gasteiger partial charge on any atom is 0.216 e. The fraction of sp³-hybridized carbons (Fsp3) is 0.381. The van der Waals surface area contributed by atoms with Crippen LogP contribution < -0.4 is 10.6 Å². The summed E-state index contributed by atoms with van der Waals surface area (Å²) in [5, 5.41) is 5.66. The quantitative estimate of drug-likeness (QED) is 0.705. The Labute approximate surface area is 154 Å². The molecule has 0 aliphatic heterocycles. The molecule has 1 aliphatic carbocycles. The number of ketones is 1. The topological polar surface area (TPSA) is 75.3 Å². The Hall–Kier alpha value is -2.69. The molecule has 5 heteroatoms. The van der Waals surface area contributed by atoms with Crippen LogP contribution in [0.5, 0.6) is 0 Å². The standard InChI is InChI=1S/C21H26N2O3/c1-16(24)22-14-12-21(13-15-23-17(2)25)10-8-19(9-11-21)20(26)18-6-4-3-5-7-18/h3-10H,11-15H2,1-2H3,(H,22,24)(H,23,25). The van der Waals surface area contributed by atoms with Gasteiger partial charge in [-0.05, 0) is 24.7 Å². The number of nitrogens with one attached hydrogen (secondary N) is 2. The van der Waals surface area contributed by atoms with E-state index in [1.54, 1.807) is 0 Å². The molecule has 0 saturated carbocycles. The van der Waals surface area contributed by atoms with Crippen LogP contribution in [-0.2, 0) is 9.59 Å². The highest BCUT2D eigenvalue weighted by Gasteiger charge is 2.29. The molecule has 138 valence electrons. The fourth-order valence-electron chi connectivity index (χ4n) is 3.11. The van der Waals surface area contributed by atoms with Gasteiger partial charge in [-0.2, -0.15) is 0 Å². The number of rotatable bonds is 8. The summed E-state index contributed by atoms with van der Waals surface area (Å²) in [6, 6.07) is 9.22. The van der Waals surface area contributed by atoms with Gasteiger partial charge in [0.1, 0.15) is 0 Å². The molecule has 0 bridgehead atoms. The summed E-state index contributed by atoms with van der Waals surface area (Å²) < 4.78 is 0. The van der Waals surface area contributed by atoms with E-state index in [-0.39, 0.29) is 23.0 Å². The molecule has 2 N–H and O–H groups in total. The Balaban J connectivity index is 2.06. The number of carbonyl (C=O) groups excluding carboxylic acids is 3. The van der Waals surface area contributed by atoms with E-state index in [4.69, 9.17) is 0 Å². The van der Waals surface area contributed by atoms with Crippen LogP contribution in [0, 0.1) is 5.41 Å². The van der Waals surface area contributed by atoms with Crippen LogP contribution in [-0.4, -0.2) is 30.7 Å². The molecule has 1 aromatic carbocycles. The molecule has 26 heavy (non-hydrogen) atoms. The molecule has 1 aliphatic rings. The number of hydrogen-bond acceptors (Lipinski definition) is 3. The van der Waals surface area contributed by atoms with Crippen molar-refractivity contribution in [2.45, 2.75) is 33.1 Å². The second-order valence-electron chi connectivity index (χ2n) is 6.72. The number of Topliss-reactive ketones (excluding diaryl/α,β-unsaturated/α-hetero) is 1. The van der Waals surface area contributed by atoms with Gasteiger partial charge in [-0.15, -0.1) is 0 Å². The lowest BCUT2D eigenvalue weighted by atomic mass is 9.74. The first-order valence-corrected chi connectivity index (χ1v) is 8.90. The first kappa shape index (κ1) is 19.6. The molecule has 0 fully saturated rings. The minimum atomic E-state index is -0.175. The lowest BCUT2D eigenvalue weighted by Gasteiger charge is -2.32. The van der Waals surface area contributed by atoms with E-state index in [9.17, 15) is 14.4 Å². The third-order valence-electron chi connectivity index (χ3n) is 4.64. The number of carbonyl (C=O) groups is 3.